The van der Waals surface area contributed by atoms with Crippen molar-refractivity contribution in [3.05, 3.63) is 23.3 Å². The quantitative estimate of drug-likeness (QED) is 0.873. The van der Waals surface area contributed by atoms with E-state index < -0.39 is 5.91 Å². The van der Waals surface area contributed by atoms with Crippen molar-refractivity contribution in [2.45, 2.75) is 45.1 Å². The maximum Gasteiger partial charge on any atom is 0.286 e. The normalized spacial score (nSPS) is 19.1. The average Bonchev–Trinajstić information content (AvgIpc) is 2.54. The van der Waals surface area contributed by atoms with E-state index in [1.54, 1.807) is 0 Å². The van der Waals surface area contributed by atoms with Gasteiger partial charge in [-0.05, 0) is 19.3 Å². The Balaban J connectivity index is 1.75. The van der Waals surface area contributed by atoms with Crippen molar-refractivity contribution in [3.8, 4) is 0 Å². The number of carbonyl (C=O) groups excluding carboxylic acids is 2. The fraction of sp³-hybridized carbons (Fsp3) is 0.600. The van der Waals surface area contributed by atoms with Crippen molar-refractivity contribution in [2.75, 3.05) is 6.54 Å². The number of carbonyl (C=O) groups is 2. The smallest absolute Gasteiger partial charge is 0.286 e. The molecule has 2 heterocycles. The van der Waals surface area contributed by atoms with Crippen molar-refractivity contribution < 1.29 is 9.59 Å². The van der Waals surface area contributed by atoms with E-state index in [9.17, 15) is 9.59 Å². The molecule has 0 spiro atoms. The first-order chi connectivity index (χ1) is 10.1. The molecule has 0 bridgehead atoms. The summed E-state index contributed by atoms with van der Waals surface area (Å²) < 4.78 is 0. The van der Waals surface area contributed by atoms with Crippen LogP contribution in [0.4, 0.5) is 0 Å². The van der Waals surface area contributed by atoms with Gasteiger partial charge in [-0.2, -0.15) is 0 Å². The SMILES string of the molecule is NC(=O)c1n[c]c2c(n1)CN(C(=O)C1CCCCC1)CC2. The number of rotatable bonds is 2. The Morgan fingerprint density at radius 3 is 2.71 bits per heavy atom. The number of fused-ring (bicyclic) bond motifs is 1. The molecule has 6 heteroatoms. The summed E-state index contributed by atoms with van der Waals surface area (Å²) in [6.45, 7) is 1.11. The predicted octanol–water partition coefficient (Wildman–Crippen LogP) is 0.841. The molecule has 1 aromatic rings. The van der Waals surface area contributed by atoms with E-state index in [2.05, 4.69) is 16.2 Å². The fourth-order valence-electron chi connectivity index (χ4n) is 3.15. The first-order valence-corrected chi connectivity index (χ1v) is 7.51. The van der Waals surface area contributed by atoms with Crippen molar-refractivity contribution in [2.24, 2.45) is 11.7 Å². The summed E-state index contributed by atoms with van der Waals surface area (Å²) in [4.78, 5) is 33.6. The van der Waals surface area contributed by atoms with Crippen molar-refractivity contribution in [1.29, 1.82) is 0 Å². The molecule has 1 aliphatic heterocycles. The van der Waals surface area contributed by atoms with Crippen LogP contribution in [0.2, 0.25) is 0 Å². The highest BCUT2D eigenvalue weighted by molar-refractivity contribution is 5.88. The second kappa shape index (κ2) is 5.79. The molecule has 6 nitrogen and oxygen atoms in total. The summed E-state index contributed by atoms with van der Waals surface area (Å²) in [5.41, 5.74) is 6.78. The molecular weight excluding hydrogens is 268 g/mol. The zero-order valence-corrected chi connectivity index (χ0v) is 12.0. The van der Waals surface area contributed by atoms with E-state index in [4.69, 9.17) is 5.73 Å². The number of primary amides is 1. The highest BCUT2D eigenvalue weighted by Crippen LogP contribution is 2.27. The lowest BCUT2D eigenvalue weighted by atomic mass is 9.88. The van der Waals surface area contributed by atoms with Crippen molar-refractivity contribution in [3.63, 3.8) is 0 Å². The van der Waals surface area contributed by atoms with Gasteiger partial charge in [0.1, 0.15) is 0 Å². The average molecular weight is 287 g/mol. The van der Waals surface area contributed by atoms with Gasteiger partial charge in [-0.3, -0.25) is 9.59 Å². The molecule has 111 valence electrons. The lowest BCUT2D eigenvalue weighted by Gasteiger charge is -2.32. The van der Waals surface area contributed by atoms with Crippen LogP contribution in [-0.2, 0) is 17.8 Å². The number of hydrogen-bond donors (Lipinski definition) is 1. The van der Waals surface area contributed by atoms with Gasteiger partial charge in [0.15, 0.2) is 0 Å². The summed E-state index contributed by atoms with van der Waals surface area (Å²) in [5, 5.41) is 0. The summed E-state index contributed by atoms with van der Waals surface area (Å²) in [5.74, 6) is -0.313. The van der Waals surface area contributed by atoms with Crippen molar-refractivity contribution >= 4 is 11.8 Å². The molecule has 2 aliphatic rings. The molecule has 0 aromatic carbocycles. The largest absolute Gasteiger partial charge is 0.363 e. The van der Waals surface area contributed by atoms with E-state index in [0.29, 0.717) is 25.2 Å². The number of nitrogens with two attached hydrogens (primary N) is 1. The minimum atomic E-state index is -0.662. The van der Waals surface area contributed by atoms with E-state index in [1.165, 1.54) is 6.42 Å². The van der Waals surface area contributed by atoms with Gasteiger partial charge >= 0.3 is 0 Å². The van der Waals surface area contributed by atoms with Gasteiger partial charge in [-0.25, -0.2) is 9.97 Å². The summed E-state index contributed by atoms with van der Waals surface area (Å²) in [6.07, 6.45) is 9.01. The molecule has 0 saturated heterocycles. The highest BCUT2D eigenvalue weighted by atomic mass is 16.2. The zero-order chi connectivity index (χ0) is 14.8. The minimum Gasteiger partial charge on any atom is -0.363 e. The van der Waals surface area contributed by atoms with Crippen LogP contribution in [0.1, 0.15) is 54.0 Å². The Hall–Kier alpha value is -1.98. The molecule has 2 amide bonds. The maximum atomic E-state index is 12.6. The van der Waals surface area contributed by atoms with Gasteiger partial charge in [0.25, 0.3) is 5.91 Å². The minimum absolute atomic E-state index is 0.0271. The summed E-state index contributed by atoms with van der Waals surface area (Å²) >= 11 is 0. The van der Waals surface area contributed by atoms with Crippen LogP contribution in [0.5, 0.6) is 0 Å². The van der Waals surface area contributed by atoms with Crippen LogP contribution in [0.25, 0.3) is 0 Å². The highest BCUT2D eigenvalue weighted by Gasteiger charge is 2.29. The number of nitrogens with zero attached hydrogens (tertiary/aromatic N) is 3. The van der Waals surface area contributed by atoms with Gasteiger partial charge < -0.3 is 10.6 Å². The second-order valence-corrected chi connectivity index (χ2v) is 5.79. The van der Waals surface area contributed by atoms with Crippen LogP contribution in [0, 0.1) is 12.1 Å². The predicted molar refractivity (Wildman–Crippen MR) is 75.1 cm³/mol. The first kappa shape index (κ1) is 14.0. The Bertz CT molecular complexity index is 567. The van der Waals surface area contributed by atoms with Gasteiger partial charge in [0, 0.05) is 18.0 Å². The number of aromatic nitrogens is 2. The third-order valence-electron chi connectivity index (χ3n) is 4.34. The molecule has 0 unspecified atom stereocenters. The summed E-state index contributed by atoms with van der Waals surface area (Å²) in [6, 6.07) is 0. The molecular formula is C15H19N4O2. The first-order valence-electron chi connectivity index (χ1n) is 7.51. The van der Waals surface area contributed by atoms with Crippen molar-refractivity contribution in [1.82, 2.24) is 14.9 Å². The molecule has 1 fully saturated rings. The zero-order valence-electron chi connectivity index (χ0n) is 12.0. The van der Waals surface area contributed by atoms with Gasteiger partial charge in [-0.1, -0.05) is 19.3 Å². The number of amides is 2. The van der Waals surface area contributed by atoms with Crippen LogP contribution >= 0.6 is 0 Å². The van der Waals surface area contributed by atoms with E-state index in [1.807, 2.05) is 4.90 Å². The maximum absolute atomic E-state index is 12.6. The monoisotopic (exact) mass is 287 g/mol. The lowest BCUT2D eigenvalue weighted by Crippen LogP contribution is -2.41. The number of hydrogen-bond acceptors (Lipinski definition) is 4. The molecule has 1 aromatic heterocycles. The van der Waals surface area contributed by atoms with Gasteiger partial charge in [-0.15, -0.1) is 0 Å². The van der Waals surface area contributed by atoms with Crippen LogP contribution < -0.4 is 5.73 Å². The van der Waals surface area contributed by atoms with Gasteiger partial charge in [0.05, 0.1) is 18.4 Å². The summed E-state index contributed by atoms with van der Waals surface area (Å²) in [7, 11) is 0. The third-order valence-corrected chi connectivity index (χ3v) is 4.34. The molecule has 2 N–H and O–H groups in total. The lowest BCUT2D eigenvalue weighted by molar-refractivity contribution is -0.137. The Morgan fingerprint density at radius 2 is 2.00 bits per heavy atom. The Labute approximate surface area is 123 Å². The Kier molecular flexibility index (Phi) is 3.86. The molecule has 0 atom stereocenters. The molecule has 1 aliphatic carbocycles. The van der Waals surface area contributed by atoms with Crippen LogP contribution in [-0.4, -0.2) is 33.2 Å². The standard InChI is InChI=1S/C15H19N4O2/c16-13(20)14-17-8-11-6-7-19(9-12(11)18-14)15(21)10-4-2-1-3-5-10/h10H,1-7,9H2,(H2,16,20). The van der Waals surface area contributed by atoms with Gasteiger partial charge in [0.2, 0.25) is 11.7 Å². The van der Waals surface area contributed by atoms with E-state index in [0.717, 1.165) is 31.2 Å². The molecule has 21 heavy (non-hydrogen) atoms. The molecule has 3 rings (SSSR count). The van der Waals surface area contributed by atoms with E-state index >= 15 is 0 Å². The Morgan fingerprint density at radius 1 is 1.24 bits per heavy atom. The van der Waals surface area contributed by atoms with Crippen LogP contribution in [0.15, 0.2) is 0 Å². The van der Waals surface area contributed by atoms with E-state index in [-0.39, 0.29) is 17.6 Å². The molecule has 1 radical (unpaired) electrons. The molecule has 1 saturated carbocycles. The fourth-order valence-corrected chi connectivity index (χ4v) is 3.15. The second-order valence-electron chi connectivity index (χ2n) is 5.79. The topological polar surface area (TPSA) is 89.2 Å². The third kappa shape index (κ3) is 2.89. The van der Waals surface area contributed by atoms with Crippen LogP contribution in [0.3, 0.4) is 0 Å².